The highest BCUT2D eigenvalue weighted by molar-refractivity contribution is 7.85. The van der Waals surface area contributed by atoms with Crippen molar-refractivity contribution < 1.29 is 13.7 Å². The van der Waals surface area contributed by atoms with E-state index in [2.05, 4.69) is 9.88 Å². The highest BCUT2D eigenvalue weighted by atomic mass is 32.2. The lowest BCUT2D eigenvalue weighted by atomic mass is 10.1. The fraction of sp³-hybridized carbons (Fsp3) is 0.286. The van der Waals surface area contributed by atoms with Gasteiger partial charge in [-0.3, -0.25) is 4.21 Å². The van der Waals surface area contributed by atoms with Gasteiger partial charge >= 0.3 is 0 Å². The Kier molecular flexibility index (Phi) is 5.45. The summed E-state index contributed by atoms with van der Waals surface area (Å²) in [7, 11) is 0.323. The largest absolute Gasteiger partial charge is 0.497 e. The predicted octanol–water partition coefficient (Wildman–Crippen LogP) is 3.19. The fourth-order valence-electron chi connectivity index (χ4n) is 3.23. The van der Waals surface area contributed by atoms with E-state index in [4.69, 9.17) is 14.5 Å². The van der Waals surface area contributed by atoms with Crippen molar-refractivity contribution in [2.24, 2.45) is 0 Å². The predicted molar refractivity (Wildman–Crippen MR) is 109 cm³/mol. The molecule has 28 heavy (non-hydrogen) atoms. The molecule has 1 aromatic heterocycles. The van der Waals surface area contributed by atoms with Crippen molar-refractivity contribution in [3.05, 3.63) is 60.6 Å². The second kappa shape index (κ2) is 8.16. The van der Waals surface area contributed by atoms with E-state index in [-0.39, 0.29) is 0 Å². The third-order valence-corrected chi connectivity index (χ3v) is 6.14. The van der Waals surface area contributed by atoms with Crippen LogP contribution < -0.4 is 14.8 Å². The number of rotatable bonds is 6. The molecule has 2 heterocycles. The van der Waals surface area contributed by atoms with E-state index in [9.17, 15) is 4.21 Å². The quantitative estimate of drug-likeness (QED) is 0.692. The first-order valence-corrected chi connectivity index (χ1v) is 10.4. The first-order valence-electron chi connectivity index (χ1n) is 9.23. The number of methoxy groups -OCH3 is 1. The van der Waals surface area contributed by atoms with Crippen LogP contribution in [0.15, 0.2) is 59.6 Å². The van der Waals surface area contributed by atoms with Crippen molar-refractivity contribution in [2.45, 2.75) is 30.3 Å². The minimum absolute atomic E-state index is 0.521. The lowest BCUT2D eigenvalue weighted by Gasteiger charge is -2.17. The molecule has 0 saturated heterocycles. The van der Waals surface area contributed by atoms with Gasteiger partial charge < -0.3 is 19.4 Å². The molecule has 1 aliphatic heterocycles. The Labute approximate surface area is 167 Å². The molecule has 0 radical (unpaired) electrons. The lowest BCUT2D eigenvalue weighted by molar-refractivity contribution is 0.299. The average molecular weight is 398 g/mol. The minimum Gasteiger partial charge on any atom is -0.497 e. The zero-order valence-electron chi connectivity index (χ0n) is 15.9. The molecule has 0 saturated carbocycles. The summed E-state index contributed by atoms with van der Waals surface area (Å²) >= 11 is 0. The van der Waals surface area contributed by atoms with Crippen molar-refractivity contribution in [3.8, 4) is 22.8 Å². The lowest BCUT2D eigenvalue weighted by Crippen LogP contribution is -2.27. The second-order valence-corrected chi connectivity index (χ2v) is 8.30. The maximum atomic E-state index is 12.8. The number of nitrogens with zero attached hydrogens (tertiary/aromatic N) is 2. The Morgan fingerprint density at radius 3 is 2.79 bits per heavy atom. The number of hydrogen-bond donors (Lipinski definition) is 1. The van der Waals surface area contributed by atoms with Gasteiger partial charge in [0.05, 0.1) is 30.1 Å². The van der Waals surface area contributed by atoms with Crippen molar-refractivity contribution >= 4 is 10.8 Å². The molecule has 3 aromatic rings. The molecular weight excluding hydrogens is 374 g/mol. The summed E-state index contributed by atoms with van der Waals surface area (Å²) in [5.74, 6) is 2.30. The Balaban J connectivity index is 1.65. The van der Waals surface area contributed by atoms with Gasteiger partial charge in [0.1, 0.15) is 17.3 Å². The zero-order valence-corrected chi connectivity index (χ0v) is 16.7. The summed E-state index contributed by atoms with van der Waals surface area (Å²) in [6, 6.07) is 15.0. The fourth-order valence-corrected chi connectivity index (χ4v) is 4.23. The topological polar surface area (TPSA) is 65.4 Å². The maximum absolute atomic E-state index is 12.8. The highest BCUT2D eigenvalue weighted by Crippen LogP contribution is 2.34. The van der Waals surface area contributed by atoms with Crippen LogP contribution >= 0.6 is 0 Å². The van der Waals surface area contributed by atoms with Crippen LogP contribution in [-0.2, 0) is 23.9 Å². The van der Waals surface area contributed by atoms with Crippen LogP contribution in [0.3, 0.4) is 0 Å². The molecule has 2 unspecified atom stereocenters. The van der Waals surface area contributed by atoms with Gasteiger partial charge in [-0.1, -0.05) is 18.2 Å². The van der Waals surface area contributed by atoms with Crippen molar-refractivity contribution in [1.29, 1.82) is 0 Å². The third kappa shape index (κ3) is 3.81. The first kappa shape index (κ1) is 18.7. The summed E-state index contributed by atoms with van der Waals surface area (Å²) in [5, 5.41) is 3.33. The number of hydrogen-bond acceptors (Lipinski definition) is 5. The zero-order chi connectivity index (χ0) is 19.5. The van der Waals surface area contributed by atoms with Gasteiger partial charge in [-0.15, -0.1) is 0 Å². The summed E-state index contributed by atoms with van der Waals surface area (Å²) in [5.41, 5.74) is 1.18. The molecule has 2 atom stereocenters. The number of benzene rings is 2. The SMILES string of the molecule is COc1ccc(-c2cn3c(n2)CNCC3)c(OC(C)S(=O)c2ccccc2)c1. The summed E-state index contributed by atoms with van der Waals surface area (Å²) in [6.07, 6.45) is 2.05. The molecule has 0 amide bonds. The molecule has 1 aliphatic rings. The van der Waals surface area contributed by atoms with E-state index in [0.29, 0.717) is 11.5 Å². The smallest absolute Gasteiger partial charge is 0.174 e. The third-order valence-electron chi connectivity index (χ3n) is 4.71. The van der Waals surface area contributed by atoms with Crippen LogP contribution in [0, 0.1) is 0 Å². The molecule has 0 fully saturated rings. The van der Waals surface area contributed by atoms with Crippen molar-refractivity contribution in [2.75, 3.05) is 13.7 Å². The summed E-state index contributed by atoms with van der Waals surface area (Å²) in [4.78, 5) is 5.49. The molecule has 6 nitrogen and oxygen atoms in total. The monoisotopic (exact) mass is 397 g/mol. The summed E-state index contributed by atoms with van der Waals surface area (Å²) in [6.45, 7) is 4.39. The van der Waals surface area contributed by atoms with Crippen molar-refractivity contribution in [1.82, 2.24) is 14.9 Å². The van der Waals surface area contributed by atoms with Gasteiger partial charge in [0.15, 0.2) is 5.44 Å². The Bertz CT molecular complexity index is 964. The second-order valence-electron chi connectivity index (χ2n) is 6.57. The van der Waals surface area contributed by atoms with Gasteiger partial charge in [0, 0.05) is 35.8 Å². The first-order chi connectivity index (χ1) is 13.7. The van der Waals surface area contributed by atoms with E-state index < -0.39 is 16.2 Å². The standard InChI is InChI=1S/C21H23N3O3S/c1-15(28(25)17-6-4-3-5-7-17)27-20-12-16(26-2)8-9-18(20)19-14-24-11-10-22-13-21(24)23-19/h3-9,12,14-15,22H,10-11,13H2,1-2H3. The molecule has 146 valence electrons. The van der Waals surface area contributed by atoms with Gasteiger partial charge in [0.2, 0.25) is 0 Å². The Morgan fingerprint density at radius 1 is 1.21 bits per heavy atom. The van der Waals surface area contributed by atoms with Gasteiger partial charge in [-0.05, 0) is 31.2 Å². The van der Waals surface area contributed by atoms with E-state index in [0.717, 1.165) is 41.6 Å². The van der Waals surface area contributed by atoms with Crippen LogP contribution in [0.1, 0.15) is 12.7 Å². The Hall–Kier alpha value is -2.64. The maximum Gasteiger partial charge on any atom is 0.174 e. The number of nitrogens with one attached hydrogen (secondary N) is 1. The van der Waals surface area contributed by atoms with Gasteiger partial charge in [0.25, 0.3) is 0 Å². The minimum atomic E-state index is -1.29. The van der Waals surface area contributed by atoms with E-state index in [1.165, 1.54) is 0 Å². The van der Waals surface area contributed by atoms with Gasteiger partial charge in [-0.2, -0.15) is 0 Å². The number of ether oxygens (including phenoxy) is 2. The van der Waals surface area contributed by atoms with Crippen LogP contribution in [0.5, 0.6) is 11.5 Å². The van der Waals surface area contributed by atoms with Crippen molar-refractivity contribution in [3.63, 3.8) is 0 Å². The molecule has 4 rings (SSSR count). The molecule has 0 bridgehead atoms. The van der Waals surface area contributed by atoms with E-state index >= 15 is 0 Å². The van der Waals surface area contributed by atoms with Crippen LogP contribution in [0.2, 0.25) is 0 Å². The van der Waals surface area contributed by atoms with Gasteiger partial charge in [-0.25, -0.2) is 4.98 Å². The highest BCUT2D eigenvalue weighted by Gasteiger charge is 2.20. The van der Waals surface area contributed by atoms with Crippen LogP contribution in [-0.4, -0.2) is 32.9 Å². The number of aromatic nitrogens is 2. The molecule has 7 heteroatoms. The average Bonchev–Trinajstić information content (AvgIpc) is 3.17. The molecule has 1 N–H and O–H groups in total. The molecule has 0 aliphatic carbocycles. The van der Waals surface area contributed by atoms with E-state index in [1.54, 1.807) is 7.11 Å². The molecular formula is C21H23N3O3S. The van der Waals surface area contributed by atoms with Crippen LogP contribution in [0.4, 0.5) is 0 Å². The Morgan fingerprint density at radius 2 is 2.04 bits per heavy atom. The number of fused-ring (bicyclic) bond motifs is 1. The number of imidazole rings is 1. The normalized spacial score (nSPS) is 15.5. The van der Waals surface area contributed by atoms with E-state index in [1.807, 2.05) is 61.7 Å². The molecule has 0 spiro atoms. The molecule has 2 aromatic carbocycles. The van der Waals surface area contributed by atoms with Crippen LogP contribution in [0.25, 0.3) is 11.3 Å². The summed E-state index contributed by atoms with van der Waals surface area (Å²) < 4.78 is 26.5.